The number of hydrogen-bond acceptors (Lipinski definition) is 4. The van der Waals surface area contributed by atoms with Crippen molar-refractivity contribution in [2.45, 2.75) is 25.8 Å². The van der Waals surface area contributed by atoms with Gasteiger partial charge in [-0.1, -0.05) is 24.1 Å². The van der Waals surface area contributed by atoms with Crippen molar-refractivity contribution in [3.8, 4) is 11.5 Å². The fourth-order valence-corrected chi connectivity index (χ4v) is 3.79. The molecule has 0 radical (unpaired) electrons. The number of halogens is 2. The molecule has 0 atom stereocenters. The molecule has 140 valence electrons. The van der Waals surface area contributed by atoms with Gasteiger partial charge in [0, 0.05) is 12.1 Å². The lowest BCUT2D eigenvalue weighted by Gasteiger charge is -2.27. The second kappa shape index (κ2) is 7.33. The molecule has 0 saturated carbocycles. The molecule has 2 aromatic rings. The summed E-state index contributed by atoms with van der Waals surface area (Å²) < 4.78 is 19.9. The quantitative estimate of drug-likeness (QED) is 0.769. The van der Waals surface area contributed by atoms with Gasteiger partial charge in [-0.05, 0) is 56.3 Å². The van der Waals surface area contributed by atoms with E-state index < -0.39 is 5.82 Å². The number of hydrogen-bond donors (Lipinski definition) is 1. The predicted molar refractivity (Wildman–Crippen MR) is 102 cm³/mol. The third kappa shape index (κ3) is 3.45. The number of ether oxygens (including phenoxy) is 1. The average Bonchev–Trinajstić information content (AvgIpc) is 2.98. The van der Waals surface area contributed by atoms with Crippen LogP contribution >= 0.6 is 11.6 Å². The van der Waals surface area contributed by atoms with Crippen LogP contribution in [0.25, 0.3) is 6.08 Å². The van der Waals surface area contributed by atoms with Gasteiger partial charge in [0.15, 0.2) is 5.76 Å². The van der Waals surface area contributed by atoms with E-state index in [2.05, 4.69) is 4.90 Å². The number of benzene rings is 2. The second-order valence-corrected chi connectivity index (χ2v) is 7.26. The van der Waals surface area contributed by atoms with Crippen LogP contribution in [0.1, 0.15) is 40.7 Å². The van der Waals surface area contributed by atoms with Gasteiger partial charge in [0.1, 0.15) is 17.3 Å². The molecule has 2 aliphatic heterocycles. The largest absolute Gasteiger partial charge is 0.507 e. The van der Waals surface area contributed by atoms with E-state index in [4.69, 9.17) is 16.3 Å². The highest BCUT2D eigenvalue weighted by Gasteiger charge is 2.32. The summed E-state index contributed by atoms with van der Waals surface area (Å²) in [6.45, 7) is 2.41. The van der Waals surface area contributed by atoms with Crippen LogP contribution in [0, 0.1) is 5.82 Å². The van der Waals surface area contributed by atoms with Crippen LogP contribution in [0.2, 0.25) is 5.02 Å². The Hall–Kier alpha value is -2.37. The van der Waals surface area contributed by atoms with Gasteiger partial charge in [0.2, 0.25) is 5.78 Å². The fourth-order valence-electron chi connectivity index (χ4n) is 3.57. The molecule has 0 spiro atoms. The Morgan fingerprint density at radius 2 is 1.96 bits per heavy atom. The van der Waals surface area contributed by atoms with E-state index >= 15 is 0 Å². The number of rotatable bonds is 3. The minimum atomic E-state index is -0.529. The van der Waals surface area contributed by atoms with Crippen LogP contribution < -0.4 is 4.74 Å². The third-order valence-electron chi connectivity index (χ3n) is 5.02. The maximum Gasteiger partial charge on any atom is 0.231 e. The van der Waals surface area contributed by atoms with Crippen molar-refractivity contribution in [1.29, 1.82) is 0 Å². The normalized spacial score (nSPS) is 18.6. The highest BCUT2D eigenvalue weighted by Crippen LogP contribution is 2.40. The van der Waals surface area contributed by atoms with Crippen molar-refractivity contribution >= 4 is 23.5 Å². The van der Waals surface area contributed by atoms with Crippen molar-refractivity contribution in [2.75, 3.05) is 13.1 Å². The van der Waals surface area contributed by atoms with Crippen molar-refractivity contribution in [3.05, 3.63) is 63.6 Å². The number of nitrogens with zero attached hydrogens (tertiary/aromatic N) is 1. The molecule has 0 aliphatic carbocycles. The molecule has 2 aromatic carbocycles. The van der Waals surface area contributed by atoms with E-state index in [0.717, 1.165) is 25.9 Å². The summed E-state index contributed by atoms with van der Waals surface area (Å²) >= 11 is 6.05. The van der Waals surface area contributed by atoms with Crippen molar-refractivity contribution in [1.82, 2.24) is 4.90 Å². The van der Waals surface area contributed by atoms with Gasteiger partial charge >= 0.3 is 0 Å². The van der Waals surface area contributed by atoms with E-state index in [1.165, 1.54) is 36.8 Å². The lowest BCUT2D eigenvalue weighted by molar-refractivity contribution is 0.101. The zero-order valence-electron chi connectivity index (χ0n) is 14.7. The van der Waals surface area contributed by atoms with Crippen molar-refractivity contribution < 1.29 is 19.0 Å². The van der Waals surface area contributed by atoms with Gasteiger partial charge in [-0.25, -0.2) is 4.39 Å². The smallest absolute Gasteiger partial charge is 0.231 e. The number of carbonyl (C=O) groups is 1. The number of carbonyl (C=O) groups excluding carboxylic acids is 1. The number of phenols is 1. The highest BCUT2D eigenvalue weighted by atomic mass is 35.5. The lowest BCUT2D eigenvalue weighted by atomic mass is 10.0. The number of aromatic hydroxyl groups is 1. The summed E-state index contributed by atoms with van der Waals surface area (Å²) in [5, 5.41) is 10.5. The summed E-state index contributed by atoms with van der Waals surface area (Å²) in [5.41, 5.74) is 1.07. The van der Waals surface area contributed by atoms with E-state index in [1.807, 2.05) is 0 Å². The first kappa shape index (κ1) is 18.0. The first-order valence-corrected chi connectivity index (χ1v) is 9.38. The van der Waals surface area contributed by atoms with Crippen LogP contribution in [0.15, 0.2) is 36.1 Å². The number of piperidine rings is 1. The summed E-state index contributed by atoms with van der Waals surface area (Å²) in [6, 6.07) is 7.38. The molecular formula is C21H19ClFNO3. The number of ketones is 1. The standard InChI is InChI=1S/C21H19ClFNO3/c22-16-5-4-6-17(23)14(16)11-19-20(26)13-7-8-18(25)15(21(13)27-19)12-24-9-2-1-3-10-24/h4-8,11,25H,1-3,9-10,12H2/b19-11+. The van der Waals surface area contributed by atoms with Gasteiger partial charge in [0.05, 0.1) is 16.1 Å². The lowest BCUT2D eigenvalue weighted by Crippen LogP contribution is -2.29. The van der Waals surface area contributed by atoms with Crippen molar-refractivity contribution in [3.63, 3.8) is 0 Å². The molecule has 0 aromatic heterocycles. The Kier molecular flexibility index (Phi) is 4.89. The zero-order chi connectivity index (χ0) is 19.0. The summed E-state index contributed by atoms with van der Waals surface area (Å²) in [7, 11) is 0. The van der Waals surface area contributed by atoms with Gasteiger partial charge in [-0.2, -0.15) is 0 Å². The summed E-state index contributed by atoms with van der Waals surface area (Å²) in [6.07, 6.45) is 4.77. The monoisotopic (exact) mass is 387 g/mol. The van der Waals surface area contributed by atoms with Gasteiger partial charge in [0.25, 0.3) is 0 Å². The second-order valence-electron chi connectivity index (χ2n) is 6.85. The topological polar surface area (TPSA) is 49.8 Å². The maximum absolute atomic E-state index is 14.1. The molecule has 0 bridgehead atoms. The van der Waals surface area contributed by atoms with E-state index in [1.54, 1.807) is 6.07 Å². The molecule has 6 heteroatoms. The summed E-state index contributed by atoms with van der Waals surface area (Å²) in [4.78, 5) is 15.0. The van der Waals surface area contributed by atoms with Gasteiger partial charge in [-0.3, -0.25) is 9.69 Å². The molecule has 2 heterocycles. The number of likely N-dealkylation sites (tertiary alicyclic amines) is 1. The fraction of sp³-hybridized carbons (Fsp3) is 0.286. The summed E-state index contributed by atoms with van der Waals surface area (Å²) in [5.74, 6) is -0.424. The number of Topliss-reactive ketones (excluding diaryl/α,β-unsaturated/α-hetero) is 1. The SMILES string of the molecule is O=C1/C(=C\c2c(F)cccc2Cl)Oc2c1ccc(O)c2CN1CCCCC1. The van der Waals surface area contributed by atoms with Gasteiger partial charge < -0.3 is 9.84 Å². The Labute approximate surface area is 161 Å². The number of fused-ring (bicyclic) bond motifs is 1. The Morgan fingerprint density at radius 1 is 1.19 bits per heavy atom. The van der Waals surface area contributed by atoms with E-state index in [-0.39, 0.29) is 27.9 Å². The molecular weight excluding hydrogens is 369 g/mol. The van der Waals surface area contributed by atoms with Crippen LogP contribution in [0.4, 0.5) is 4.39 Å². The molecule has 4 nitrogen and oxygen atoms in total. The maximum atomic E-state index is 14.1. The van der Waals surface area contributed by atoms with Crippen LogP contribution in [-0.4, -0.2) is 28.9 Å². The van der Waals surface area contributed by atoms with Crippen LogP contribution in [0.3, 0.4) is 0 Å². The zero-order valence-corrected chi connectivity index (χ0v) is 15.4. The minimum absolute atomic E-state index is 0.00231. The molecule has 4 rings (SSSR count). The Bertz CT molecular complexity index is 915. The first-order valence-electron chi connectivity index (χ1n) is 9.00. The highest BCUT2D eigenvalue weighted by molar-refractivity contribution is 6.32. The van der Waals surface area contributed by atoms with Crippen LogP contribution in [-0.2, 0) is 6.54 Å². The molecule has 1 saturated heterocycles. The van der Waals surface area contributed by atoms with Crippen molar-refractivity contribution in [2.24, 2.45) is 0 Å². The Balaban J connectivity index is 1.69. The third-order valence-corrected chi connectivity index (χ3v) is 5.35. The number of allylic oxidation sites excluding steroid dienone is 1. The molecule has 1 N–H and O–H groups in total. The van der Waals surface area contributed by atoms with E-state index in [0.29, 0.717) is 23.4 Å². The molecule has 0 amide bonds. The average molecular weight is 388 g/mol. The molecule has 27 heavy (non-hydrogen) atoms. The Morgan fingerprint density at radius 3 is 2.70 bits per heavy atom. The molecule has 0 unspecified atom stereocenters. The number of phenolic OH excluding ortho intramolecular Hbond substituents is 1. The first-order chi connectivity index (χ1) is 13.0. The van der Waals surface area contributed by atoms with E-state index in [9.17, 15) is 14.3 Å². The predicted octanol–water partition coefficient (Wildman–Crippen LogP) is 4.79. The van der Waals surface area contributed by atoms with Crippen LogP contribution in [0.5, 0.6) is 11.5 Å². The van der Waals surface area contributed by atoms with Gasteiger partial charge in [-0.15, -0.1) is 0 Å². The molecule has 1 fully saturated rings. The molecule has 2 aliphatic rings. The minimum Gasteiger partial charge on any atom is -0.507 e.